The van der Waals surface area contributed by atoms with Gasteiger partial charge >= 0.3 is 0 Å². The first kappa shape index (κ1) is 74.9. The number of anilines is 6. The summed E-state index contributed by atoms with van der Waals surface area (Å²) in [6.45, 7) is 12.7. The Balaban J connectivity index is 0.000000158. The van der Waals surface area contributed by atoms with Crippen molar-refractivity contribution in [2.24, 2.45) is 0 Å². The molecule has 0 heterocycles. The van der Waals surface area contributed by atoms with Crippen LogP contribution in [-0.4, -0.2) is 34.5 Å². The summed E-state index contributed by atoms with van der Waals surface area (Å²) in [4.78, 5) is 4.39. The normalized spacial score (nSPS) is 10.5. The third kappa shape index (κ3) is 24.2. The zero-order valence-electron chi connectivity index (χ0n) is 58.1. The van der Waals surface area contributed by atoms with Crippen molar-refractivity contribution in [1.29, 1.82) is 0 Å². The van der Waals surface area contributed by atoms with E-state index in [1.807, 2.05) is 129 Å². The minimum absolute atomic E-state index is 0.0872. The summed E-state index contributed by atoms with van der Waals surface area (Å²) in [5.41, 5.74) is 18.8. The van der Waals surface area contributed by atoms with Crippen molar-refractivity contribution in [3.63, 3.8) is 0 Å². The van der Waals surface area contributed by atoms with Gasteiger partial charge in [-0.05, 0) is 187 Å². The van der Waals surface area contributed by atoms with E-state index in [0.29, 0.717) is 42.6 Å². The van der Waals surface area contributed by atoms with Gasteiger partial charge in [-0.3, -0.25) is 0 Å². The van der Waals surface area contributed by atoms with E-state index in [1.165, 1.54) is 46.0 Å². The number of benzene rings is 12. The number of ether oxygens (including phenoxy) is 2. The number of rotatable bonds is 24. The van der Waals surface area contributed by atoms with Gasteiger partial charge in [-0.2, -0.15) is 0 Å². The molecule has 12 aromatic carbocycles. The fraction of sp³-hybridized carbons (Fsp3) is 0.163. The molecular weight excluding hydrogens is 1320 g/mol. The third-order valence-corrected chi connectivity index (χ3v) is 16.6. The van der Waals surface area contributed by atoms with Crippen LogP contribution in [0.1, 0.15) is 66.8 Å². The second-order valence-electron chi connectivity index (χ2n) is 24.9. The highest BCUT2D eigenvalue weighted by Crippen LogP contribution is 2.35. The zero-order chi connectivity index (χ0) is 72.3. The minimum atomic E-state index is -0.471. The van der Waals surface area contributed by atoms with E-state index in [2.05, 4.69) is 114 Å². The number of nitrogens with zero attached hydrogens (tertiary/aromatic N) is 2. The lowest BCUT2D eigenvalue weighted by molar-refractivity contribution is 0.245. The summed E-state index contributed by atoms with van der Waals surface area (Å²) in [5, 5.41) is 53.2. The van der Waals surface area contributed by atoms with Gasteiger partial charge in [0, 0.05) is 63.4 Å². The molecule has 0 spiro atoms. The largest absolute Gasteiger partial charge is 0.508 e. The Morgan fingerprint density at radius 3 is 1.20 bits per heavy atom. The van der Waals surface area contributed by atoms with Crippen LogP contribution in [0.25, 0.3) is 0 Å². The molecule has 0 saturated carbocycles. The molecule has 12 rings (SSSR count). The predicted molar refractivity (Wildman–Crippen MR) is 415 cm³/mol. The molecule has 0 fully saturated rings. The molecule has 0 aliphatic carbocycles. The Labute approximate surface area is 607 Å². The molecule has 0 aliphatic heterocycles. The maximum atomic E-state index is 14.2. The summed E-state index contributed by atoms with van der Waals surface area (Å²) in [6, 6.07) is 82.4. The summed E-state index contributed by atoms with van der Waals surface area (Å²) in [7, 11) is 4.14. The summed E-state index contributed by atoms with van der Waals surface area (Å²) < 4.78 is 39.2. The molecule has 0 aliphatic rings. The Hall–Kier alpha value is -11.3. The maximum absolute atomic E-state index is 14.2. The first-order valence-electron chi connectivity index (χ1n) is 33.4. The smallest absolute Gasteiger partial charge is 0.197 e. The van der Waals surface area contributed by atoms with E-state index in [4.69, 9.17) is 32.7 Å². The molecule has 12 aromatic rings. The Morgan fingerprint density at radius 2 is 0.686 bits per heavy atom. The molecule has 0 saturated heterocycles. The van der Waals surface area contributed by atoms with Gasteiger partial charge in [-0.25, -0.2) is 8.78 Å². The van der Waals surface area contributed by atoms with Crippen molar-refractivity contribution in [2.75, 3.05) is 45.2 Å². The van der Waals surface area contributed by atoms with Crippen molar-refractivity contribution >= 4 is 57.3 Å². The molecule has 0 bridgehead atoms. The summed E-state index contributed by atoms with van der Waals surface area (Å²) >= 11 is 12.5. The standard InChI is InChI=1S/C23H25ClN2O.C21H21ClN2O.C21H21FN2O.C21H19FO3/c1-17-6-4-7-18(12-17)15-26(3)23-14-20(24)10-11-22(23)25(2)16-19-8-5-9-21(27)13-19;2*1-15-4-2-5-16(10-15)13-24-21-12-18(22)8-9-20(21)23-14-17-6-3-7-19(25)11-17;1-15-5-2-6-16(11-15)14-25-21-19(22)9-4-10-20(21)24-13-17-7-3-8-18(23)12-17/h4-14,27H,15-16H2,1-3H3;2*2-12,23-25H,13-14H2,1H3;2-12,23H,13-14H2,1H3. The molecular formula is C86H86Cl2F2N6O6. The number of aryl methyl sites for hydroxylation is 4. The number of halogens is 4. The summed E-state index contributed by atoms with van der Waals surface area (Å²) in [5.74, 6) is 0.616. The average Bonchev–Trinajstić information content (AvgIpc) is 0.826. The Morgan fingerprint density at radius 1 is 0.333 bits per heavy atom. The minimum Gasteiger partial charge on any atom is -0.508 e. The molecule has 0 aromatic heterocycles. The van der Waals surface area contributed by atoms with Gasteiger partial charge in [0.1, 0.15) is 42.0 Å². The van der Waals surface area contributed by atoms with Gasteiger partial charge < -0.3 is 61.0 Å². The van der Waals surface area contributed by atoms with E-state index in [-0.39, 0.29) is 47.8 Å². The maximum Gasteiger partial charge on any atom is 0.197 e. The highest BCUT2D eigenvalue weighted by molar-refractivity contribution is 6.31. The van der Waals surface area contributed by atoms with Crippen molar-refractivity contribution in [1.82, 2.24) is 0 Å². The van der Waals surface area contributed by atoms with Crippen LogP contribution in [0.4, 0.5) is 42.9 Å². The molecule has 0 radical (unpaired) electrons. The lowest BCUT2D eigenvalue weighted by atomic mass is 10.1. The lowest BCUT2D eigenvalue weighted by Crippen LogP contribution is -2.23. The van der Waals surface area contributed by atoms with E-state index in [9.17, 15) is 29.2 Å². The van der Waals surface area contributed by atoms with Gasteiger partial charge in [0.2, 0.25) is 0 Å². The number of hydrogen-bond acceptors (Lipinski definition) is 12. The third-order valence-electron chi connectivity index (χ3n) is 16.2. The van der Waals surface area contributed by atoms with Crippen LogP contribution in [0.3, 0.4) is 0 Å². The fourth-order valence-corrected chi connectivity index (χ4v) is 11.6. The van der Waals surface area contributed by atoms with E-state index >= 15 is 0 Å². The van der Waals surface area contributed by atoms with Crippen LogP contribution < -0.4 is 40.5 Å². The van der Waals surface area contributed by atoms with Gasteiger partial charge in [-0.1, -0.05) is 197 Å². The molecule has 0 amide bonds. The SMILES string of the molecule is Cc1cccc(CN(C)c2cc(Cl)ccc2N(C)Cc2cccc(O)c2)c1.Cc1cccc(CNc2cc(Cl)ccc2NCc2cccc(O)c2)c1.Cc1cccc(CNc2cc(F)ccc2NCc2cccc(O)c2)c1.Cc1cccc(COc2c(F)cccc2OCc2cccc(O)c2)c1. The summed E-state index contributed by atoms with van der Waals surface area (Å²) in [6.07, 6.45) is 0. The van der Waals surface area contributed by atoms with Gasteiger partial charge in [0.15, 0.2) is 17.3 Å². The molecule has 16 heteroatoms. The zero-order valence-corrected chi connectivity index (χ0v) is 59.6. The second kappa shape index (κ2) is 37.8. The first-order chi connectivity index (χ1) is 49.2. The topological polar surface area (TPSA) is 154 Å². The van der Waals surface area contributed by atoms with Crippen LogP contribution in [0.15, 0.2) is 267 Å². The monoisotopic (exact) mass is 1410 g/mol. The molecule has 0 unspecified atom stereocenters. The number of aromatic hydroxyl groups is 4. The van der Waals surface area contributed by atoms with E-state index < -0.39 is 5.82 Å². The Bertz CT molecular complexity index is 4480. The van der Waals surface area contributed by atoms with Crippen LogP contribution in [0.2, 0.25) is 10.0 Å². The van der Waals surface area contributed by atoms with Crippen molar-refractivity contribution in [3.8, 4) is 34.5 Å². The van der Waals surface area contributed by atoms with Crippen LogP contribution in [0, 0.1) is 39.3 Å². The first-order valence-corrected chi connectivity index (χ1v) is 34.1. The molecule has 524 valence electrons. The van der Waals surface area contributed by atoms with Gasteiger partial charge in [0.05, 0.1) is 34.1 Å². The second-order valence-corrected chi connectivity index (χ2v) is 25.8. The fourth-order valence-electron chi connectivity index (χ4n) is 11.2. The van der Waals surface area contributed by atoms with E-state index in [1.54, 1.807) is 78.9 Å². The van der Waals surface area contributed by atoms with Gasteiger partial charge in [0.25, 0.3) is 0 Å². The van der Waals surface area contributed by atoms with Crippen molar-refractivity contribution in [2.45, 2.75) is 80.2 Å². The number of phenolic OH excluding ortho intramolecular Hbond substituents is 4. The highest BCUT2D eigenvalue weighted by atomic mass is 35.5. The van der Waals surface area contributed by atoms with Crippen LogP contribution >= 0.6 is 23.2 Å². The Kier molecular flexibility index (Phi) is 27.7. The predicted octanol–water partition coefficient (Wildman–Crippen LogP) is 21.3. The van der Waals surface area contributed by atoms with Gasteiger partial charge in [-0.15, -0.1) is 0 Å². The highest BCUT2D eigenvalue weighted by Gasteiger charge is 2.16. The molecule has 102 heavy (non-hydrogen) atoms. The number of nitrogens with one attached hydrogen (secondary N) is 4. The quantitative estimate of drug-likeness (QED) is 0.0291. The number of phenols is 4. The number of para-hydroxylation sites is 1. The molecule has 8 N–H and O–H groups in total. The van der Waals surface area contributed by atoms with Crippen molar-refractivity contribution in [3.05, 3.63) is 355 Å². The molecule has 0 atom stereocenters. The van der Waals surface area contributed by atoms with Crippen LogP contribution in [-0.2, 0) is 52.5 Å². The lowest BCUT2D eigenvalue weighted by Gasteiger charge is -2.28. The molecule has 12 nitrogen and oxygen atoms in total. The average molecular weight is 1410 g/mol. The number of hydrogen-bond donors (Lipinski definition) is 8. The van der Waals surface area contributed by atoms with Crippen molar-refractivity contribution < 1.29 is 38.7 Å². The van der Waals surface area contributed by atoms with E-state index in [0.717, 1.165) is 85.5 Å². The van der Waals surface area contributed by atoms with Crippen LogP contribution in [0.5, 0.6) is 34.5 Å².